The van der Waals surface area contributed by atoms with Crippen LogP contribution < -0.4 is 16.4 Å². The van der Waals surface area contributed by atoms with Crippen LogP contribution in [0.3, 0.4) is 0 Å². The Balaban J connectivity index is 1.24. The SMILES string of the molecule is c1ccc(-n2c3cccnc3c3c4nccc5c4n(c32)-c2cc(-c3ccccn3)cc3c2B5c2ccnc4c5c6ncccc6n(-c6ccccc6)c5n-3c24)cc1. The largest absolute Gasteiger partial charge is 0.294 e. The summed E-state index contributed by atoms with van der Waals surface area (Å²) in [6, 6.07) is 44.8. The van der Waals surface area contributed by atoms with Crippen molar-refractivity contribution in [2.45, 2.75) is 0 Å². The van der Waals surface area contributed by atoms with E-state index in [9.17, 15) is 0 Å². The highest BCUT2D eigenvalue weighted by Gasteiger charge is 2.43. The highest BCUT2D eigenvalue weighted by molar-refractivity contribution is 7.00. The molecule has 0 atom stereocenters. The first kappa shape index (κ1) is 29.5. The molecule has 0 fully saturated rings. The number of para-hydroxylation sites is 2. The molecule has 3 aromatic carbocycles. The van der Waals surface area contributed by atoms with Gasteiger partial charge >= 0.3 is 0 Å². The maximum atomic E-state index is 5.18. The number of hydrogen-bond donors (Lipinski definition) is 0. The van der Waals surface area contributed by atoms with Crippen LogP contribution in [-0.2, 0) is 0 Å². The zero-order valence-corrected chi connectivity index (χ0v) is 30.1. The number of pyridine rings is 5. The molecule has 0 saturated heterocycles. The lowest BCUT2D eigenvalue weighted by Gasteiger charge is -2.34. The molecule has 57 heavy (non-hydrogen) atoms. The van der Waals surface area contributed by atoms with E-state index in [-0.39, 0.29) is 6.71 Å². The van der Waals surface area contributed by atoms with Gasteiger partial charge in [0.2, 0.25) is 0 Å². The minimum Gasteiger partial charge on any atom is -0.294 e. The molecule has 0 saturated carbocycles. The Labute approximate surface area is 323 Å². The van der Waals surface area contributed by atoms with Crippen molar-refractivity contribution in [3.63, 3.8) is 0 Å². The Morgan fingerprint density at radius 2 is 0.895 bits per heavy atom. The smallest absolute Gasteiger partial charge is 0.252 e. The van der Waals surface area contributed by atoms with Crippen molar-refractivity contribution in [3.05, 3.63) is 158 Å². The minimum atomic E-state index is -0.0874. The average Bonchev–Trinajstić information content (AvgIpc) is 4.00. The second-order valence-corrected chi connectivity index (χ2v) is 14.9. The third-order valence-corrected chi connectivity index (χ3v) is 12.2. The van der Waals surface area contributed by atoms with E-state index in [1.54, 1.807) is 0 Å². The summed E-state index contributed by atoms with van der Waals surface area (Å²) in [6.07, 6.45) is 9.61. The zero-order chi connectivity index (χ0) is 36.9. The van der Waals surface area contributed by atoms with Crippen molar-refractivity contribution >= 4 is 89.3 Å². The lowest BCUT2D eigenvalue weighted by Crippen LogP contribution is -2.59. The number of rotatable bonds is 3. The fourth-order valence-electron chi connectivity index (χ4n) is 10.1. The van der Waals surface area contributed by atoms with Crippen LogP contribution in [0.15, 0.2) is 158 Å². The van der Waals surface area contributed by atoms with Gasteiger partial charge in [-0.25, -0.2) is 0 Å². The molecule has 0 unspecified atom stereocenters. The number of hydrogen-bond acceptors (Lipinski definition) is 5. The predicted octanol–water partition coefficient (Wildman–Crippen LogP) is 7.55. The Hall–Kier alpha value is -7.85. The standard InChI is InChI=1S/C47H26BN9/c1-3-11-28(12-4-1)54-33-16-9-21-50-40(33)37-42-44-30(18-23-52-42)48-31-19-24-53-43-38-41-34(17-10-22-51-41)55(29-13-5-2-6-14-29)47(38)57(45(31)43)36-26-27(32-15-7-8-20-49-32)25-35(39(36)48)56(44)46(37)54/h1-26H. The van der Waals surface area contributed by atoms with Gasteiger partial charge in [0.05, 0.1) is 49.6 Å². The van der Waals surface area contributed by atoms with Crippen LogP contribution in [-0.4, -0.2) is 49.9 Å². The van der Waals surface area contributed by atoms with Gasteiger partial charge in [-0.05, 0) is 101 Å². The number of benzene rings is 3. The Morgan fingerprint density at radius 1 is 0.404 bits per heavy atom. The van der Waals surface area contributed by atoms with E-state index in [0.29, 0.717) is 0 Å². The second-order valence-electron chi connectivity index (χ2n) is 14.9. The molecule has 10 heteroatoms. The van der Waals surface area contributed by atoms with Crippen LogP contribution in [0.2, 0.25) is 0 Å². The number of fused-ring (bicyclic) bond motifs is 14. The molecule has 0 N–H and O–H groups in total. The Bertz CT molecular complexity index is 3470. The van der Waals surface area contributed by atoms with Gasteiger partial charge in [0.1, 0.15) is 22.3 Å². The molecule has 14 rings (SSSR count). The predicted molar refractivity (Wildman–Crippen MR) is 228 cm³/mol. The molecule has 2 aliphatic heterocycles. The third kappa shape index (κ3) is 3.54. The summed E-state index contributed by atoms with van der Waals surface area (Å²) in [5, 5.41) is 2.08. The van der Waals surface area contributed by atoms with Crippen LogP contribution in [0.25, 0.3) is 100 Å². The summed E-state index contributed by atoms with van der Waals surface area (Å²) >= 11 is 0. The van der Waals surface area contributed by atoms with Crippen LogP contribution in [0.5, 0.6) is 0 Å². The van der Waals surface area contributed by atoms with E-state index >= 15 is 0 Å². The van der Waals surface area contributed by atoms with Crippen molar-refractivity contribution in [2.75, 3.05) is 0 Å². The van der Waals surface area contributed by atoms with Crippen LogP contribution in [0.4, 0.5) is 0 Å². The highest BCUT2D eigenvalue weighted by Crippen LogP contribution is 2.44. The maximum absolute atomic E-state index is 5.18. The summed E-state index contributed by atoms with van der Waals surface area (Å²) in [5.41, 5.74) is 20.0. The van der Waals surface area contributed by atoms with Gasteiger partial charge in [-0.3, -0.25) is 43.2 Å². The highest BCUT2D eigenvalue weighted by atomic mass is 15.2. The number of nitrogens with zero attached hydrogens (tertiary/aromatic N) is 9. The molecule has 9 aromatic heterocycles. The third-order valence-electron chi connectivity index (χ3n) is 12.2. The van der Waals surface area contributed by atoms with Gasteiger partial charge in [-0.2, -0.15) is 0 Å². The molecule has 11 heterocycles. The molecule has 0 spiro atoms. The molecule has 9 nitrogen and oxygen atoms in total. The number of aromatic nitrogens is 9. The quantitative estimate of drug-likeness (QED) is 0.176. The normalized spacial score (nSPS) is 12.9. The van der Waals surface area contributed by atoms with Gasteiger partial charge in [0, 0.05) is 59.3 Å². The van der Waals surface area contributed by atoms with Gasteiger partial charge in [-0.15, -0.1) is 0 Å². The minimum absolute atomic E-state index is 0.0874. The Kier molecular flexibility index (Phi) is 5.42. The van der Waals surface area contributed by atoms with Crippen molar-refractivity contribution in [2.24, 2.45) is 0 Å². The molecule has 0 bridgehead atoms. The molecular formula is C47H26BN9. The molecular weight excluding hydrogens is 701 g/mol. The molecule has 0 radical (unpaired) electrons. The lowest BCUT2D eigenvalue weighted by atomic mass is 9.34. The molecule has 0 aliphatic carbocycles. The first-order valence-electron chi connectivity index (χ1n) is 19.1. The summed E-state index contributed by atoms with van der Waals surface area (Å²) in [5.74, 6) is 0. The molecule has 12 aromatic rings. The topological polar surface area (TPSA) is 84.2 Å². The van der Waals surface area contributed by atoms with Crippen LogP contribution >= 0.6 is 0 Å². The van der Waals surface area contributed by atoms with Gasteiger partial charge in [0.25, 0.3) is 6.71 Å². The molecule has 0 amide bonds. The molecule has 262 valence electrons. The van der Waals surface area contributed by atoms with Gasteiger partial charge in [0.15, 0.2) is 0 Å². The van der Waals surface area contributed by atoms with Crippen molar-refractivity contribution in [1.82, 2.24) is 43.2 Å². The fourth-order valence-corrected chi connectivity index (χ4v) is 10.1. The van der Waals surface area contributed by atoms with E-state index in [0.717, 1.165) is 100 Å². The summed E-state index contributed by atoms with van der Waals surface area (Å²) < 4.78 is 9.63. The summed E-state index contributed by atoms with van der Waals surface area (Å²) in [4.78, 5) is 25.3. The second kappa shape index (κ2) is 10.5. The Morgan fingerprint density at radius 3 is 1.40 bits per heavy atom. The first-order valence-corrected chi connectivity index (χ1v) is 19.1. The van der Waals surface area contributed by atoms with Crippen molar-refractivity contribution in [3.8, 4) is 34.0 Å². The summed E-state index contributed by atoms with van der Waals surface area (Å²) in [6.45, 7) is -0.0874. The lowest BCUT2D eigenvalue weighted by molar-refractivity contribution is 1.05. The van der Waals surface area contributed by atoms with Crippen molar-refractivity contribution < 1.29 is 0 Å². The fraction of sp³-hybridized carbons (Fsp3) is 0. The van der Waals surface area contributed by atoms with Gasteiger partial charge < -0.3 is 0 Å². The molecule has 2 aliphatic rings. The van der Waals surface area contributed by atoms with E-state index in [2.05, 4.69) is 127 Å². The van der Waals surface area contributed by atoms with E-state index in [4.69, 9.17) is 24.9 Å². The summed E-state index contributed by atoms with van der Waals surface area (Å²) in [7, 11) is 0. The van der Waals surface area contributed by atoms with Crippen molar-refractivity contribution in [1.29, 1.82) is 0 Å². The average molecular weight is 728 g/mol. The van der Waals surface area contributed by atoms with E-state index in [1.807, 2.05) is 49.2 Å². The van der Waals surface area contributed by atoms with E-state index < -0.39 is 0 Å². The zero-order valence-electron chi connectivity index (χ0n) is 30.1. The van der Waals surface area contributed by atoms with E-state index in [1.165, 1.54) is 16.4 Å². The maximum Gasteiger partial charge on any atom is 0.252 e. The van der Waals surface area contributed by atoms with Crippen LogP contribution in [0, 0.1) is 0 Å². The van der Waals surface area contributed by atoms with Crippen LogP contribution in [0.1, 0.15) is 0 Å². The monoisotopic (exact) mass is 727 g/mol. The van der Waals surface area contributed by atoms with Gasteiger partial charge in [-0.1, -0.05) is 42.5 Å². The first-order chi connectivity index (χ1) is 28.3.